The molecule has 0 aliphatic heterocycles. The number of rotatable bonds is 7. The minimum Gasteiger partial charge on any atom is -0.479 e. The summed E-state index contributed by atoms with van der Waals surface area (Å²) in [4.78, 5) is 22.6. The lowest BCUT2D eigenvalue weighted by Gasteiger charge is -2.29. The molecule has 3 N–H and O–H groups in total. The molecule has 0 aromatic rings. The molecule has 0 rings (SSSR count). The van der Waals surface area contributed by atoms with Gasteiger partial charge in [0.15, 0.2) is 11.3 Å². The van der Waals surface area contributed by atoms with Crippen LogP contribution >= 0.6 is 32.3 Å². The van der Waals surface area contributed by atoms with Gasteiger partial charge in [-0.15, -0.1) is 0 Å². The van der Waals surface area contributed by atoms with Gasteiger partial charge in [-0.05, 0) is 32.7 Å². The van der Waals surface area contributed by atoms with E-state index in [0.717, 1.165) is 2.95 Å². The summed E-state index contributed by atoms with van der Waals surface area (Å²) in [5, 5.41) is 9.11. The van der Waals surface area contributed by atoms with Crippen LogP contribution in [0.3, 0.4) is 0 Å². The molecule has 0 fully saturated rings. The van der Waals surface area contributed by atoms with Crippen molar-refractivity contribution >= 4 is 44.0 Å². The molecule has 0 saturated carbocycles. The van der Waals surface area contributed by atoms with Crippen LogP contribution in [0.5, 0.6) is 0 Å². The number of Topliss-reactive ketones (excluding diaryl/α,β-unsaturated/α-hetero) is 1. The van der Waals surface area contributed by atoms with Crippen molar-refractivity contribution in [2.45, 2.75) is 31.7 Å². The highest BCUT2D eigenvalue weighted by molar-refractivity contribution is 9.21. The van der Waals surface area contributed by atoms with Crippen molar-refractivity contribution in [3.05, 3.63) is 0 Å². The van der Waals surface area contributed by atoms with Gasteiger partial charge in [-0.3, -0.25) is 4.79 Å². The predicted octanol–water partition coefficient (Wildman–Crippen LogP) is 1.45. The van der Waals surface area contributed by atoms with Gasteiger partial charge in [0, 0.05) is 32.3 Å². The Balaban J connectivity index is 4.81. The molecule has 0 aromatic heterocycles. The largest absolute Gasteiger partial charge is 0.479 e. The Morgan fingerprint density at radius 3 is 2.20 bits per heavy atom. The lowest BCUT2D eigenvalue weighted by Crippen LogP contribution is -2.52. The fraction of sp³-hybridized carbons (Fsp3) is 0.750. The first-order chi connectivity index (χ1) is 6.89. The molecular formula is C8H14Br2N2O3. The first-order valence-corrected chi connectivity index (χ1v) is 5.87. The highest BCUT2D eigenvalue weighted by Gasteiger charge is 2.47. The molecule has 0 saturated heterocycles. The molecule has 0 radical (unpaired) electrons. The van der Waals surface area contributed by atoms with Crippen LogP contribution in [0.1, 0.15) is 26.2 Å². The summed E-state index contributed by atoms with van der Waals surface area (Å²) in [6.45, 7) is 1.74. The highest BCUT2D eigenvalue weighted by Crippen LogP contribution is 2.30. The van der Waals surface area contributed by atoms with Crippen molar-refractivity contribution < 1.29 is 14.7 Å². The zero-order chi connectivity index (χ0) is 12.1. The van der Waals surface area contributed by atoms with E-state index in [1.54, 1.807) is 0 Å². The zero-order valence-corrected chi connectivity index (χ0v) is 11.5. The molecule has 7 heteroatoms. The Kier molecular flexibility index (Phi) is 6.58. The second kappa shape index (κ2) is 6.57. The molecule has 5 nitrogen and oxygen atoms in total. The Morgan fingerprint density at radius 1 is 1.40 bits per heavy atom. The fourth-order valence-electron chi connectivity index (χ4n) is 1.23. The van der Waals surface area contributed by atoms with E-state index in [1.165, 1.54) is 6.92 Å². The minimum absolute atomic E-state index is 0.214. The van der Waals surface area contributed by atoms with Gasteiger partial charge in [0.2, 0.25) is 0 Å². The summed E-state index contributed by atoms with van der Waals surface area (Å²) in [5.74, 6) is -1.61. The minimum atomic E-state index is -1.56. The molecule has 0 heterocycles. The summed E-state index contributed by atoms with van der Waals surface area (Å²) < 4.78 is 1.09. The van der Waals surface area contributed by atoms with Gasteiger partial charge < -0.3 is 10.8 Å². The number of carbonyl (C=O) groups is 2. The predicted molar refractivity (Wildman–Crippen MR) is 63.6 cm³/mol. The first kappa shape index (κ1) is 15.0. The maximum absolute atomic E-state index is 11.4. The Hall–Kier alpha value is 0.0200. The van der Waals surface area contributed by atoms with E-state index in [0.29, 0.717) is 19.4 Å². The number of carboxylic acids is 1. The number of hydrogen-bond acceptors (Lipinski definition) is 4. The molecule has 0 bridgehead atoms. The van der Waals surface area contributed by atoms with Crippen LogP contribution < -0.4 is 5.73 Å². The van der Waals surface area contributed by atoms with E-state index in [9.17, 15) is 9.59 Å². The summed E-state index contributed by atoms with van der Waals surface area (Å²) >= 11 is 5.94. The van der Waals surface area contributed by atoms with Crippen molar-refractivity contribution in [3.8, 4) is 0 Å². The first-order valence-electron chi connectivity index (χ1n) is 4.46. The van der Waals surface area contributed by atoms with Crippen LogP contribution in [-0.2, 0) is 9.59 Å². The molecule has 15 heavy (non-hydrogen) atoms. The standard InChI is InChI=1S/C8H14Br2N2O3/c1-6(13)8(7(14)15,12(9)10)4-2-3-5-11/h2-5,11H2,1H3,(H,14,15)/t8-/m1/s1. The number of halogens is 2. The number of hydrogen-bond donors (Lipinski definition) is 2. The average Bonchev–Trinajstić information content (AvgIpc) is 2.10. The monoisotopic (exact) mass is 344 g/mol. The van der Waals surface area contributed by atoms with Gasteiger partial charge >= 0.3 is 5.97 Å². The molecule has 0 aliphatic rings. The van der Waals surface area contributed by atoms with E-state index >= 15 is 0 Å². The lowest BCUT2D eigenvalue weighted by atomic mass is 9.90. The van der Waals surface area contributed by atoms with Crippen LogP contribution in [0.2, 0.25) is 0 Å². The van der Waals surface area contributed by atoms with Gasteiger partial charge in [0.25, 0.3) is 0 Å². The number of carboxylic acid groups (broad SMARTS) is 1. The van der Waals surface area contributed by atoms with Crippen LogP contribution in [0.25, 0.3) is 0 Å². The number of carbonyl (C=O) groups excluding carboxylic acids is 1. The van der Waals surface area contributed by atoms with Crippen LogP contribution in [0.15, 0.2) is 0 Å². The van der Waals surface area contributed by atoms with E-state index in [2.05, 4.69) is 32.3 Å². The molecule has 1 atom stereocenters. The van der Waals surface area contributed by atoms with Gasteiger partial charge in [-0.25, -0.2) is 4.79 Å². The average molecular weight is 346 g/mol. The maximum atomic E-state index is 11.4. The highest BCUT2D eigenvalue weighted by atomic mass is 79.9. The molecular weight excluding hydrogens is 332 g/mol. The SMILES string of the molecule is CC(=O)[C@](CCCCN)(C(=O)O)N(Br)Br. The smallest absolute Gasteiger partial charge is 0.333 e. The number of ketones is 1. The fourth-order valence-corrected chi connectivity index (χ4v) is 2.39. The summed E-state index contributed by atoms with van der Waals surface area (Å²) in [7, 11) is 0. The third-order valence-electron chi connectivity index (χ3n) is 2.22. The maximum Gasteiger partial charge on any atom is 0.333 e. The molecule has 88 valence electrons. The number of nitrogens with zero attached hydrogens (tertiary/aromatic N) is 1. The number of nitrogens with two attached hydrogens (primary N) is 1. The van der Waals surface area contributed by atoms with Gasteiger partial charge in [0.05, 0.1) is 0 Å². The summed E-state index contributed by atoms with van der Waals surface area (Å²) in [6.07, 6.45) is 1.48. The quantitative estimate of drug-likeness (QED) is 0.414. The Bertz CT molecular complexity index is 232. The topological polar surface area (TPSA) is 83.6 Å². The van der Waals surface area contributed by atoms with E-state index in [-0.39, 0.29) is 6.42 Å². The van der Waals surface area contributed by atoms with Crippen LogP contribution in [0, 0.1) is 0 Å². The van der Waals surface area contributed by atoms with Crippen LogP contribution in [0.4, 0.5) is 0 Å². The van der Waals surface area contributed by atoms with E-state index in [1.807, 2.05) is 0 Å². The number of aliphatic carboxylic acids is 1. The Morgan fingerprint density at radius 2 is 1.93 bits per heavy atom. The second-order valence-electron chi connectivity index (χ2n) is 3.20. The Labute approximate surface area is 106 Å². The molecule has 0 aromatic carbocycles. The third-order valence-corrected chi connectivity index (χ3v) is 3.43. The van der Waals surface area contributed by atoms with Gasteiger partial charge in [-0.1, -0.05) is 0 Å². The second-order valence-corrected chi connectivity index (χ2v) is 5.57. The lowest BCUT2D eigenvalue weighted by molar-refractivity contribution is -0.151. The van der Waals surface area contributed by atoms with Crippen molar-refractivity contribution in [2.24, 2.45) is 5.73 Å². The van der Waals surface area contributed by atoms with E-state index < -0.39 is 17.3 Å². The van der Waals surface area contributed by atoms with Gasteiger partial charge in [0.1, 0.15) is 0 Å². The van der Waals surface area contributed by atoms with Crippen LogP contribution in [-0.4, -0.2) is 31.9 Å². The molecule has 0 aliphatic carbocycles. The normalized spacial score (nSPS) is 15.0. The zero-order valence-electron chi connectivity index (χ0n) is 8.37. The molecule has 0 spiro atoms. The third kappa shape index (κ3) is 3.51. The van der Waals surface area contributed by atoms with Crippen molar-refractivity contribution in [1.29, 1.82) is 0 Å². The summed E-state index contributed by atoms with van der Waals surface area (Å²) in [5.41, 5.74) is 3.76. The molecule has 0 unspecified atom stereocenters. The molecule has 0 amide bonds. The van der Waals surface area contributed by atoms with Crippen molar-refractivity contribution in [2.75, 3.05) is 6.54 Å². The van der Waals surface area contributed by atoms with Gasteiger partial charge in [-0.2, -0.15) is 2.95 Å². The summed E-state index contributed by atoms with van der Waals surface area (Å²) in [6, 6.07) is 0. The van der Waals surface area contributed by atoms with Crippen molar-refractivity contribution in [1.82, 2.24) is 2.95 Å². The van der Waals surface area contributed by atoms with E-state index in [4.69, 9.17) is 10.8 Å². The van der Waals surface area contributed by atoms with Crippen molar-refractivity contribution in [3.63, 3.8) is 0 Å². The number of unbranched alkanes of at least 4 members (excludes halogenated alkanes) is 1.